The summed E-state index contributed by atoms with van der Waals surface area (Å²) in [5.74, 6) is 0.379. The fourth-order valence-electron chi connectivity index (χ4n) is 1.29. The Morgan fingerprint density at radius 2 is 2.08 bits per heavy atom. The van der Waals surface area contributed by atoms with Crippen LogP contribution in [0.1, 0.15) is 31.0 Å². The van der Waals surface area contributed by atoms with Gasteiger partial charge in [0.25, 0.3) is 0 Å². The maximum atomic E-state index is 13.6. The van der Waals surface area contributed by atoms with Gasteiger partial charge in [-0.2, -0.15) is 0 Å². The maximum Gasteiger partial charge on any atom is 0.151 e. The van der Waals surface area contributed by atoms with Crippen molar-refractivity contribution in [3.8, 4) is 5.75 Å². The van der Waals surface area contributed by atoms with Crippen molar-refractivity contribution in [1.82, 2.24) is 4.98 Å². The van der Waals surface area contributed by atoms with Gasteiger partial charge in [0, 0.05) is 5.56 Å². The molecule has 72 valence electrons. The van der Waals surface area contributed by atoms with Crippen LogP contribution in [0.4, 0.5) is 4.39 Å². The zero-order chi connectivity index (χ0) is 10.0. The summed E-state index contributed by atoms with van der Waals surface area (Å²) in [7, 11) is 1.53. The first kappa shape index (κ1) is 9.96. The standard InChI is InChI=1S/C10H14FNO/c1-6(2)9-8(13-4)5-12-7(3)10(9)11/h5-6H,1-4H3. The summed E-state index contributed by atoms with van der Waals surface area (Å²) >= 11 is 0. The van der Waals surface area contributed by atoms with Crippen molar-refractivity contribution in [2.45, 2.75) is 26.7 Å². The van der Waals surface area contributed by atoms with Gasteiger partial charge in [-0.25, -0.2) is 4.39 Å². The number of halogens is 1. The lowest BCUT2D eigenvalue weighted by atomic mass is 10.0. The van der Waals surface area contributed by atoms with Gasteiger partial charge in [0.2, 0.25) is 0 Å². The largest absolute Gasteiger partial charge is 0.495 e. The Hall–Kier alpha value is -1.12. The molecule has 3 heteroatoms. The van der Waals surface area contributed by atoms with Crippen molar-refractivity contribution in [3.05, 3.63) is 23.3 Å². The molecule has 1 aromatic rings. The van der Waals surface area contributed by atoms with Crippen LogP contribution in [0.2, 0.25) is 0 Å². The van der Waals surface area contributed by atoms with E-state index in [0.29, 0.717) is 17.0 Å². The first-order valence-corrected chi connectivity index (χ1v) is 4.27. The van der Waals surface area contributed by atoms with E-state index in [2.05, 4.69) is 4.98 Å². The van der Waals surface area contributed by atoms with Gasteiger partial charge in [-0.15, -0.1) is 0 Å². The first-order valence-electron chi connectivity index (χ1n) is 4.27. The number of nitrogens with zero attached hydrogens (tertiary/aromatic N) is 1. The number of methoxy groups -OCH3 is 1. The predicted octanol–water partition coefficient (Wildman–Crippen LogP) is 2.66. The Morgan fingerprint density at radius 3 is 2.54 bits per heavy atom. The lowest BCUT2D eigenvalue weighted by Crippen LogP contribution is -2.02. The topological polar surface area (TPSA) is 22.1 Å². The Bertz CT molecular complexity index is 310. The molecule has 0 atom stereocenters. The van der Waals surface area contributed by atoms with Crippen molar-refractivity contribution < 1.29 is 9.13 Å². The highest BCUT2D eigenvalue weighted by atomic mass is 19.1. The molecule has 0 saturated carbocycles. The van der Waals surface area contributed by atoms with E-state index in [4.69, 9.17) is 4.74 Å². The third-order valence-electron chi connectivity index (χ3n) is 1.99. The molecule has 0 aliphatic rings. The van der Waals surface area contributed by atoms with Crippen molar-refractivity contribution >= 4 is 0 Å². The average molecular weight is 183 g/mol. The molecule has 0 saturated heterocycles. The molecule has 0 amide bonds. The number of ether oxygens (including phenoxy) is 1. The van der Waals surface area contributed by atoms with Crippen LogP contribution in [0.15, 0.2) is 6.20 Å². The highest BCUT2D eigenvalue weighted by Crippen LogP contribution is 2.29. The number of pyridine rings is 1. The molecule has 0 aromatic carbocycles. The summed E-state index contributed by atoms with van der Waals surface area (Å²) in [5.41, 5.74) is 1.03. The molecule has 0 bridgehead atoms. The normalized spacial score (nSPS) is 10.6. The van der Waals surface area contributed by atoms with Crippen LogP contribution in [0.25, 0.3) is 0 Å². The minimum absolute atomic E-state index is 0.108. The fraction of sp³-hybridized carbons (Fsp3) is 0.500. The highest BCUT2D eigenvalue weighted by molar-refractivity contribution is 5.36. The monoisotopic (exact) mass is 183 g/mol. The van der Waals surface area contributed by atoms with E-state index in [0.717, 1.165) is 0 Å². The second-order valence-corrected chi connectivity index (χ2v) is 3.29. The van der Waals surface area contributed by atoms with Gasteiger partial charge in [-0.3, -0.25) is 4.98 Å². The molecule has 1 aromatic heterocycles. The van der Waals surface area contributed by atoms with Gasteiger partial charge < -0.3 is 4.74 Å². The van der Waals surface area contributed by atoms with Gasteiger partial charge in [0.1, 0.15) is 5.75 Å². The number of aromatic nitrogens is 1. The van der Waals surface area contributed by atoms with Gasteiger partial charge in [-0.05, 0) is 12.8 Å². The smallest absolute Gasteiger partial charge is 0.151 e. The van der Waals surface area contributed by atoms with Crippen LogP contribution in [-0.2, 0) is 0 Å². The second kappa shape index (κ2) is 3.73. The zero-order valence-electron chi connectivity index (χ0n) is 8.39. The molecule has 0 N–H and O–H groups in total. The summed E-state index contributed by atoms with van der Waals surface area (Å²) in [4.78, 5) is 3.89. The molecule has 0 radical (unpaired) electrons. The molecule has 0 unspecified atom stereocenters. The zero-order valence-corrected chi connectivity index (χ0v) is 8.39. The number of hydrogen-bond donors (Lipinski definition) is 0. The number of aryl methyl sites for hydroxylation is 1. The number of hydrogen-bond acceptors (Lipinski definition) is 2. The lowest BCUT2D eigenvalue weighted by molar-refractivity contribution is 0.398. The predicted molar refractivity (Wildman–Crippen MR) is 49.6 cm³/mol. The Morgan fingerprint density at radius 1 is 1.46 bits per heavy atom. The molecular weight excluding hydrogens is 169 g/mol. The van der Waals surface area contributed by atoms with E-state index >= 15 is 0 Å². The van der Waals surface area contributed by atoms with Crippen LogP contribution in [-0.4, -0.2) is 12.1 Å². The summed E-state index contributed by atoms with van der Waals surface area (Å²) in [6, 6.07) is 0. The lowest BCUT2D eigenvalue weighted by Gasteiger charge is -2.13. The van der Waals surface area contributed by atoms with E-state index in [1.807, 2.05) is 13.8 Å². The van der Waals surface area contributed by atoms with Crippen molar-refractivity contribution in [2.75, 3.05) is 7.11 Å². The molecule has 13 heavy (non-hydrogen) atoms. The Kier molecular flexibility index (Phi) is 2.86. The highest BCUT2D eigenvalue weighted by Gasteiger charge is 2.15. The van der Waals surface area contributed by atoms with E-state index in [-0.39, 0.29) is 11.7 Å². The van der Waals surface area contributed by atoms with Crippen molar-refractivity contribution in [1.29, 1.82) is 0 Å². The molecule has 0 spiro atoms. The molecule has 2 nitrogen and oxygen atoms in total. The average Bonchev–Trinajstić information content (AvgIpc) is 2.08. The van der Waals surface area contributed by atoms with E-state index in [1.165, 1.54) is 7.11 Å². The third kappa shape index (κ3) is 1.79. The van der Waals surface area contributed by atoms with Crippen LogP contribution in [0.5, 0.6) is 5.75 Å². The third-order valence-corrected chi connectivity index (χ3v) is 1.99. The minimum Gasteiger partial charge on any atom is -0.495 e. The van der Waals surface area contributed by atoms with Crippen LogP contribution < -0.4 is 4.74 Å². The minimum atomic E-state index is -0.255. The molecular formula is C10H14FNO. The van der Waals surface area contributed by atoms with Crippen molar-refractivity contribution in [3.63, 3.8) is 0 Å². The quantitative estimate of drug-likeness (QED) is 0.703. The Labute approximate surface area is 77.8 Å². The molecule has 0 fully saturated rings. The first-order chi connectivity index (χ1) is 6.07. The van der Waals surface area contributed by atoms with Gasteiger partial charge in [-0.1, -0.05) is 13.8 Å². The molecule has 1 heterocycles. The van der Waals surface area contributed by atoms with E-state index in [1.54, 1.807) is 13.1 Å². The molecule has 0 aliphatic carbocycles. The van der Waals surface area contributed by atoms with E-state index < -0.39 is 0 Å². The molecule has 1 rings (SSSR count). The summed E-state index contributed by atoms with van der Waals surface area (Å²) in [6.07, 6.45) is 1.56. The summed E-state index contributed by atoms with van der Waals surface area (Å²) in [6.45, 7) is 5.52. The summed E-state index contributed by atoms with van der Waals surface area (Å²) in [5, 5.41) is 0. The van der Waals surface area contributed by atoms with Crippen LogP contribution in [0, 0.1) is 12.7 Å². The molecule has 0 aliphatic heterocycles. The van der Waals surface area contributed by atoms with Crippen LogP contribution >= 0.6 is 0 Å². The van der Waals surface area contributed by atoms with Gasteiger partial charge >= 0.3 is 0 Å². The Balaban J connectivity index is 3.32. The van der Waals surface area contributed by atoms with Gasteiger partial charge in [0.15, 0.2) is 5.82 Å². The maximum absolute atomic E-state index is 13.6. The van der Waals surface area contributed by atoms with E-state index in [9.17, 15) is 4.39 Å². The SMILES string of the molecule is COc1cnc(C)c(F)c1C(C)C. The second-order valence-electron chi connectivity index (χ2n) is 3.29. The summed E-state index contributed by atoms with van der Waals surface area (Å²) < 4.78 is 18.6. The fourth-order valence-corrected chi connectivity index (χ4v) is 1.29. The van der Waals surface area contributed by atoms with Gasteiger partial charge in [0.05, 0.1) is 19.0 Å². The van der Waals surface area contributed by atoms with Crippen LogP contribution in [0.3, 0.4) is 0 Å². The van der Waals surface area contributed by atoms with Crippen molar-refractivity contribution in [2.24, 2.45) is 0 Å². The number of rotatable bonds is 2.